The van der Waals surface area contributed by atoms with Crippen molar-refractivity contribution in [3.8, 4) is 0 Å². The number of nitrogens with one attached hydrogen (secondary N) is 1. The number of para-hydroxylation sites is 1. The van der Waals surface area contributed by atoms with E-state index in [0.717, 1.165) is 17.4 Å². The van der Waals surface area contributed by atoms with E-state index in [1.807, 2.05) is 0 Å². The second-order valence-electron chi connectivity index (χ2n) is 3.29. The van der Waals surface area contributed by atoms with Crippen molar-refractivity contribution < 1.29 is 19.1 Å². The number of aromatic nitrogens is 1. The van der Waals surface area contributed by atoms with Crippen LogP contribution in [0.4, 0.5) is 10.1 Å². The molecule has 0 unspecified atom stereocenters. The zero-order valence-corrected chi connectivity index (χ0v) is 9.70. The second-order valence-corrected chi connectivity index (χ2v) is 4.17. The van der Waals surface area contributed by atoms with Gasteiger partial charge in [-0.1, -0.05) is 6.07 Å². The zero-order valence-electron chi connectivity index (χ0n) is 8.88. The molecule has 0 aliphatic heterocycles. The van der Waals surface area contributed by atoms with Crippen molar-refractivity contribution >= 4 is 28.9 Å². The van der Waals surface area contributed by atoms with Crippen molar-refractivity contribution in [2.24, 2.45) is 0 Å². The molecule has 7 heteroatoms. The van der Waals surface area contributed by atoms with Gasteiger partial charge in [-0.2, -0.15) is 0 Å². The van der Waals surface area contributed by atoms with Crippen LogP contribution in [0.2, 0.25) is 0 Å². The molecular weight excluding hydrogens is 259 g/mol. The molecule has 1 amide bonds. The highest BCUT2D eigenvalue weighted by atomic mass is 32.1. The quantitative estimate of drug-likeness (QED) is 0.892. The number of amides is 1. The van der Waals surface area contributed by atoms with Gasteiger partial charge in [0.1, 0.15) is 10.7 Å². The van der Waals surface area contributed by atoms with Crippen molar-refractivity contribution in [3.63, 3.8) is 0 Å². The van der Waals surface area contributed by atoms with Crippen molar-refractivity contribution in [2.75, 3.05) is 5.32 Å². The van der Waals surface area contributed by atoms with Crippen molar-refractivity contribution in [1.82, 2.24) is 4.98 Å². The van der Waals surface area contributed by atoms with E-state index in [1.165, 1.54) is 23.8 Å². The predicted octanol–water partition coefficient (Wildman–Crippen LogP) is 2.23. The number of thiazole rings is 1. The fourth-order valence-electron chi connectivity index (χ4n) is 1.33. The van der Waals surface area contributed by atoms with E-state index < -0.39 is 17.7 Å². The summed E-state index contributed by atoms with van der Waals surface area (Å²) in [5, 5.41) is 11.1. The standard InChI is InChI=1S/C11H7FN2O3S/c12-7-3-1-2-6(11(16)17)9(7)14-10(15)8-4-13-5-18-8/h1-5H,(H,14,15)(H,16,17). The lowest BCUT2D eigenvalue weighted by Gasteiger charge is -2.08. The van der Waals surface area contributed by atoms with Gasteiger partial charge in [-0.25, -0.2) is 9.18 Å². The molecule has 0 saturated heterocycles. The molecule has 2 rings (SSSR count). The number of hydrogen-bond acceptors (Lipinski definition) is 4. The molecule has 0 fully saturated rings. The average Bonchev–Trinajstić information content (AvgIpc) is 2.85. The zero-order chi connectivity index (χ0) is 13.1. The topological polar surface area (TPSA) is 79.3 Å². The van der Waals surface area contributed by atoms with Crippen molar-refractivity contribution in [2.45, 2.75) is 0 Å². The highest BCUT2D eigenvalue weighted by Gasteiger charge is 2.17. The van der Waals surface area contributed by atoms with Crippen molar-refractivity contribution in [1.29, 1.82) is 0 Å². The largest absolute Gasteiger partial charge is 0.478 e. The van der Waals surface area contributed by atoms with Crippen LogP contribution in [-0.4, -0.2) is 22.0 Å². The van der Waals surface area contributed by atoms with Crippen LogP contribution < -0.4 is 5.32 Å². The Labute approximate surface area is 105 Å². The first-order valence-corrected chi connectivity index (χ1v) is 5.69. The summed E-state index contributed by atoms with van der Waals surface area (Å²) in [5.74, 6) is -2.70. The SMILES string of the molecule is O=C(Nc1c(F)cccc1C(=O)O)c1cncs1. The Balaban J connectivity index is 2.34. The molecule has 18 heavy (non-hydrogen) atoms. The summed E-state index contributed by atoms with van der Waals surface area (Å²) >= 11 is 1.08. The molecule has 1 aromatic carbocycles. The third kappa shape index (κ3) is 2.35. The van der Waals surface area contributed by atoms with Gasteiger partial charge in [0, 0.05) is 0 Å². The van der Waals surface area contributed by atoms with E-state index in [4.69, 9.17) is 5.11 Å². The number of benzene rings is 1. The fraction of sp³-hybridized carbons (Fsp3) is 0. The number of carbonyl (C=O) groups excluding carboxylic acids is 1. The summed E-state index contributed by atoms with van der Waals surface area (Å²) in [6.07, 6.45) is 1.32. The normalized spacial score (nSPS) is 10.1. The molecule has 0 spiro atoms. The molecule has 0 aliphatic carbocycles. The molecule has 92 valence electrons. The summed E-state index contributed by atoms with van der Waals surface area (Å²) in [7, 11) is 0. The molecular formula is C11H7FN2O3S. The Morgan fingerprint density at radius 1 is 1.39 bits per heavy atom. The van der Waals surface area contributed by atoms with Crippen LogP contribution in [0.25, 0.3) is 0 Å². The number of anilines is 1. The average molecular weight is 266 g/mol. The number of hydrogen-bond donors (Lipinski definition) is 2. The number of carboxylic acid groups (broad SMARTS) is 1. The first-order chi connectivity index (χ1) is 8.59. The van der Waals surface area contributed by atoms with E-state index in [1.54, 1.807) is 0 Å². The number of halogens is 1. The number of carboxylic acids is 1. The van der Waals surface area contributed by atoms with E-state index in [-0.39, 0.29) is 16.1 Å². The highest BCUT2D eigenvalue weighted by molar-refractivity contribution is 7.11. The monoisotopic (exact) mass is 266 g/mol. The number of rotatable bonds is 3. The molecule has 1 heterocycles. The molecule has 0 atom stereocenters. The maximum Gasteiger partial charge on any atom is 0.337 e. The number of carbonyl (C=O) groups is 2. The maximum absolute atomic E-state index is 13.5. The van der Waals surface area contributed by atoms with Crippen LogP contribution in [0.5, 0.6) is 0 Å². The molecule has 0 saturated carbocycles. The lowest BCUT2D eigenvalue weighted by atomic mass is 10.1. The first-order valence-electron chi connectivity index (χ1n) is 4.81. The third-order valence-corrected chi connectivity index (χ3v) is 2.91. The van der Waals surface area contributed by atoms with Gasteiger partial charge in [0.25, 0.3) is 5.91 Å². The van der Waals surface area contributed by atoms with Gasteiger partial charge in [0.2, 0.25) is 0 Å². The Morgan fingerprint density at radius 3 is 2.78 bits per heavy atom. The van der Waals surface area contributed by atoms with E-state index >= 15 is 0 Å². The molecule has 2 N–H and O–H groups in total. The van der Waals surface area contributed by atoms with Crippen LogP contribution >= 0.6 is 11.3 Å². The predicted molar refractivity (Wildman–Crippen MR) is 63.4 cm³/mol. The first kappa shape index (κ1) is 12.2. The lowest BCUT2D eigenvalue weighted by molar-refractivity contribution is 0.0697. The lowest BCUT2D eigenvalue weighted by Crippen LogP contribution is -2.15. The minimum atomic E-state index is -1.31. The summed E-state index contributed by atoms with van der Waals surface area (Å²) in [5.41, 5.74) is 0.810. The molecule has 5 nitrogen and oxygen atoms in total. The van der Waals surface area contributed by atoms with Crippen LogP contribution in [0.15, 0.2) is 29.9 Å². The smallest absolute Gasteiger partial charge is 0.337 e. The molecule has 2 aromatic rings. The number of aromatic carboxylic acids is 1. The Hall–Kier alpha value is -2.28. The minimum absolute atomic E-state index is 0.273. The van der Waals surface area contributed by atoms with E-state index in [2.05, 4.69) is 10.3 Å². The van der Waals surface area contributed by atoms with Crippen LogP contribution in [0.1, 0.15) is 20.0 Å². The molecule has 0 bridgehead atoms. The third-order valence-electron chi connectivity index (χ3n) is 2.14. The summed E-state index contributed by atoms with van der Waals surface area (Å²) in [6, 6.07) is 3.56. The van der Waals surface area contributed by atoms with E-state index in [9.17, 15) is 14.0 Å². The minimum Gasteiger partial charge on any atom is -0.478 e. The van der Waals surface area contributed by atoms with Crippen LogP contribution in [0, 0.1) is 5.82 Å². The van der Waals surface area contributed by atoms with Crippen LogP contribution in [0.3, 0.4) is 0 Å². The fourth-order valence-corrected chi connectivity index (χ4v) is 1.85. The summed E-state index contributed by atoms with van der Waals surface area (Å²) in [6.45, 7) is 0. The van der Waals surface area contributed by atoms with Gasteiger partial charge in [0.15, 0.2) is 0 Å². The van der Waals surface area contributed by atoms with Gasteiger partial charge in [-0.15, -0.1) is 11.3 Å². The van der Waals surface area contributed by atoms with Gasteiger partial charge in [-0.05, 0) is 12.1 Å². The number of nitrogens with zero attached hydrogens (tertiary/aromatic N) is 1. The highest BCUT2D eigenvalue weighted by Crippen LogP contribution is 2.21. The van der Waals surface area contributed by atoms with Gasteiger partial charge in [-0.3, -0.25) is 9.78 Å². The second kappa shape index (κ2) is 4.92. The van der Waals surface area contributed by atoms with Crippen LogP contribution in [-0.2, 0) is 0 Å². The van der Waals surface area contributed by atoms with Gasteiger partial charge < -0.3 is 10.4 Å². The Kier molecular flexibility index (Phi) is 3.33. The van der Waals surface area contributed by atoms with Crippen molar-refractivity contribution in [3.05, 3.63) is 46.2 Å². The maximum atomic E-state index is 13.5. The summed E-state index contributed by atoms with van der Waals surface area (Å²) < 4.78 is 13.5. The molecule has 1 aromatic heterocycles. The molecule has 0 aliphatic rings. The van der Waals surface area contributed by atoms with E-state index in [0.29, 0.717) is 0 Å². The Bertz CT molecular complexity index is 598. The Morgan fingerprint density at radius 2 is 2.17 bits per heavy atom. The summed E-state index contributed by atoms with van der Waals surface area (Å²) in [4.78, 5) is 26.6. The van der Waals surface area contributed by atoms with Gasteiger partial charge >= 0.3 is 5.97 Å². The van der Waals surface area contributed by atoms with Gasteiger partial charge in [0.05, 0.1) is 23.0 Å². The molecule has 0 radical (unpaired) electrons.